The summed E-state index contributed by atoms with van der Waals surface area (Å²) >= 11 is 0. The van der Waals surface area contributed by atoms with Crippen molar-refractivity contribution in [3.63, 3.8) is 0 Å². The lowest BCUT2D eigenvalue weighted by molar-refractivity contribution is -0.137. The Bertz CT molecular complexity index is 355. The molecular formula is C11H11F3O. The van der Waals surface area contributed by atoms with Crippen LogP contribution in [0.2, 0.25) is 0 Å². The molecule has 1 fully saturated rings. The topological polar surface area (TPSA) is 20.2 Å². The highest BCUT2D eigenvalue weighted by Crippen LogP contribution is 2.41. The largest absolute Gasteiger partial charge is 0.416 e. The molecule has 0 amide bonds. The molecule has 0 radical (unpaired) electrons. The normalized spacial score (nSPS) is 18.9. The van der Waals surface area contributed by atoms with E-state index in [1.54, 1.807) is 0 Å². The molecule has 1 N–H and O–H groups in total. The maximum atomic E-state index is 12.4. The molecule has 1 saturated carbocycles. The van der Waals surface area contributed by atoms with Gasteiger partial charge >= 0.3 is 6.18 Å². The number of hydrogen-bond donors (Lipinski definition) is 1. The maximum absolute atomic E-state index is 12.4. The molecule has 15 heavy (non-hydrogen) atoms. The van der Waals surface area contributed by atoms with Gasteiger partial charge in [0.1, 0.15) is 0 Å². The Kier molecular flexibility index (Phi) is 2.46. The van der Waals surface area contributed by atoms with Gasteiger partial charge in [-0.2, -0.15) is 13.2 Å². The molecule has 4 heteroatoms. The minimum Gasteiger partial charge on any atom is -0.388 e. The Morgan fingerprint density at radius 1 is 1.27 bits per heavy atom. The SMILES string of the molecule is O[C@@H](c1cccc(C(F)(F)F)c1)C1CC1. The molecule has 0 aromatic heterocycles. The Morgan fingerprint density at radius 3 is 2.47 bits per heavy atom. The third kappa shape index (κ3) is 2.31. The summed E-state index contributed by atoms with van der Waals surface area (Å²) in [4.78, 5) is 0. The summed E-state index contributed by atoms with van der Waals surface area (Å²) in [7, 11) is 0. The molecule has 0 unspecified atom stereocenters. The van der Waals surface area contributed by atoms with Crippen molar-refractivity contribution >= 4 is 0 Å². The van der Waals surface area contributed by atoms with Gasteiger partial charge in [-0.3, -0.25) is 0 Å². The monoisotopic (exact) mass is 216 g/mol. The van der Waals surface area contributed by atoms with Crippen molar-refractivity contribution in [1.29, 1.82) is 0 Å². The van der Waals surface area contributed by atoms with E-state index in [0.717, 1.165) is 25.0 Å². The minimum absolute atomic E-state index is 0.147. The summed E-state index contributed by atoms with van der Waals surface area (Å²) < 4.78 is 37.1. The maximum Gasteiger partial charge on any atom is 0.416 e. The lowest BCUT2D eigenvalue weighted by Crippen LogP contribution is -2.07. The Morgan fingerprint density at radius 2 is 1.93 bits per heavy atom. The summed E-state index contributed by atoms with van der Waals surface area (Å²) in [5.41, 5.74) is -0.327. The third-order valence-electron chi connectivity index (χ3n) is 2.62. The van der Waals surface area contributed by atoms with E-state index in [-0.39, 0.29) is 5.92 Å². The van der Waals surface area contributed by atoms with E-state index < -0.39 is 17.8 Å². The van der Waals surface area contributed by atoms with Crippen LogP contribution in [0.3, 0.4) is 0 Å². The summed E-state index contributed by atoms with van der Waals surface area (Å²) in [6.45, 7) is 0. The molecule has 1 aliphatic rings. The lowest BCUT2D eigenvalue weighted by Gasteiger charge is -2.12. The highest BCUT2D eigenvalue weighted by Gasteiger charge is 2.34. The van der Waals surface area contributed by atoms with Gasteiger partial charge in [0.25, 0.3) is 0 Å². The van der Waals surface area contributed by atoms with Gasteiger partial charge in [-0.1, -0.05) is 12.1 Å². The van der Waals surface area contributed by atoms with Crippen LogP contribution in [0.4, 0.5) is 13.2 Å². The average Bonchev–Trinajstić information content (AvgIpc) is 2.99. The fourth-order valence-corrected chi connectivity index (χ4v) is 1.58. The first kappa shape index (κ1) is 10.5. The lowest BCUT2D eigenvalue weighted by atomic mass is 10.0. The fourth-order valence-electron chi connectivity index (χ4n) is 1.58. The molecule has 1 nitrogen and oxygen atoms in total. The number of hydrogen-bond acceptors (Lipinski definition) is 1. The van der Waals surface area contributed by atoms with Crippen LogP contribution in [0.5, 0.6) is 0 Å². The van der Waals surface area contributed by atoms with Crippen molar-refractivity contribution in [3.8, 4) is 0 Å². The minimum atomic E-state index is -4.33. The Hall–Kier alpha value is -1.03. The van der Waals surface area contributed by atoms with Gasteiger partial charge in [-0.05, 0) is 36.5 Å². The average molecular weight is 216 g/mol. The zero-order valence-corrected chi connectivity index (χ0v) is 7.96. The van der Waals surface area contributed by atoms with Crippen molar-refractivity contribution in [2.24, 2.45) is 5.92 Å². The predicted molar refractivity (Wildman–Crippen MR) is 49.1 cm³/mol. The van der Waals surface area contributed by atoms with Gasteiger partial charge in [0.15, 0.2) is 0 Å². The van der Waals surface area contributed by atoms with E-state index in [9.17, 15) is 18.3 Å². The van der Waals surface area contributed by atoms with Gasteiger partial charge in [0.2, 0.25) is 0 Å². The summed E-state index contributed by atoms with van der Waals surface area (Å²) in [5.74, 6) is 0.147. The third-order valence-corrected chi connectivity index (χ3v) is 2.62. The summed E-state index contributed by atoms with van der Waals surface area (Å²) in [6.07, 6.45) is -3.28. The summed E-state index contributed by atoms with van der Waals surface area (Å²) in [6, 6.07) is 4.92. The molecule has 1 aliphatic carbocycles. The quantitative estimate of drug-likeness (QED) is 0.805. The molecule has 2 rings (SSSR count). The number of halogens is 3. The first-order valence-corrected chi connectivity index (χ1v) is 4.84. The molecule has 1 aromatic rings. The molecule has 0 spiro atoms. The molecule has 82 valence electrons. The van der Waals surface area contributed by atoms with Crippen LogP contribution >= 0.6 is 0 Å². The van der Waals surface area contributed by atoms with Crippen LogP contribution in [-0.2, 0) is 6.18 Å². The Balaban J connectivity index is 2.25. The molecular weight excluding hydrogens is 205 g/mol. The van der Waals surface area contributed by atoms with Crippen molar-refractivity contribution in [3.05, 3.63) is 35.4 Å². The zero-order chi connectivity index (χ0) is 11.1. The van der Waals surface area contributed by atoms with Gasteiger partial charge in [0.05, 0.1) is 11.7 Å². The molecule has 1 atom stereocenters. The van der Waals surface area contributed by atoms with Crippen LogP contribution in [0.25, 0.3) is 0 Å². The molecule has 0 saturated heterocycles. The zero-order valence-electron chi connectivity index (χ0n) is 7.96. The second-order valence-electron chi connectivity index (χ2n) is 3.91. The fraction of sp³-hybridized carbons (Fsp3) is 0.455. The second-order valence-corrected chi connectivity index (χ2v) is 3.91. The standard InChI is InChI=1S/C11H11F3O/c12-11(13,14)9-3-1-2-8(6-9)10(15)7-4-5-7/h1-3,6-7,10,15H,4-5H2/t10-/m1/s1. The number of aliphatic hydroxyl groups excluding tert-OH is 1. The van der Waals surface area contributed by atoms with Crippen LogP contribution in [0.1, 0.15) is 30.1 Å². The van der Waals surface area contributed by atoms with E-state index in [2.05, 4.69) is 0 Å². The van der Waals surface area contributed by atoms with Crippen LogP contribution in [0, 0.1) is 5.92 Å². The number of benzene rings is 1. The van der Waals surface area contributed by atoms with Gasteiger partial charge in [-0.25, -0.2) is 0 Å². The highest BCUT2D eigenvalue weighted by atomic mass is 19.4. The first-order valence-electron chi connectivity index (χ1n) is 4.84. The van der Waals surface area contributed by atoms with E-state index in [4.69, 9.17) is 0 Å². The van der Waals surface area contributed by atoms with Crippen LogP contribution in [-0.4, -0.2) is 5.11 Å². The number of rotatable bonds is 2. The van der Waals surface area contributed by atoms with Crippen molar-refractivity contribution in [2.75, 3.05) is 0 Å². The highest BCUT2D eigenvalue weighted by molar-refractivity contribution is 5.28. The van der Waals surface area contributed by atoms with Gasteiger partial charge in [-0.15, -0.1) is 0 Å². The molecule has 0 heterocycles. The van der Waals surface area contributed by atoms with E-state index in [0.29, 0.717) is 5.56 Å². The van der Waals surface area contributed by atoms with Crippen LogP contribution < -0.4 is 0 Å². The van der Waals surface area contributed by atoms with Crippen molar-refractivity contribution in [2.45, 2.75) is 25.1 Å². The van der Waals surface area contributed by atoms with Crippen molar-refractivity contribution in [1.82, 2.24) is 0 Å². The van der Waals surface area contributed by atoms with Gasteiger partial charge in [0, 0.05) is 0 Å². The molecule has 0 aliphatic heterocycles. The first-order chi connectivity index (χ1) is 6.98. The number of alkyl halides is 3. The molecule has 1 aromatic carbocycles. The Labute approximate surface area is 85.5 Å². The van der Waals surface area contributed by atoms with E-state index in [1.165, 1.54) is 12.1 Å². The molecule has 0 bridgehead atoms. The van der Waals surface area contributed by atoms with Crippen molar-refractivity contribution < 1.29 is 18.3 Å². The number of aliphatic hydroxyl groups is 1. The van der Waals surface area contributed by atoms with Gasteiger partial charge < -0.3 is 5.11 Å². The van der Waals surface area contributed by atoms with E-state index in [1.807, 2.05) is 0 Å². The van der Waals surface area contributed by atoms with E-state index >= 15 is 0 Å². The summed E-state index contributed by atoms with van der Waals surface area (Å²) in [5, 5.41) is 9.68. The predicted octanol–water partition coefficient (Wildman–Crippen LogP) is 3.15. The second kappa shape index (κ2) is 3.52. The van der Waals surface area contributed by atoms with Crippen LogP contribution in [0.15, 0.2) is 24.3 Å². The smallest absolute Gasteiger partial charge is 0.388 e.